The summed E-state index contributed by atoms with van der Waals surface area (Å²) in [5.74, 6) is 0.737. The van der Waals surface area contributed by atoms with Crippen LogP contribution in [-0.4, -0.2) is 91.4 Å². The highest BCUT2D eigenvalue weighted by Gasteiger charge is 2.26. The molecule has 7 rings (SSSR count). The Bertz CT molecular complexity index is 1570. The van der Waals surface area contributed by atoms with Crippen LogP contribution in [0.4, 0.5) is 10.7 Å². The zero-order valence-electron chi connectivity index (χ0n) is 20.7. The van der Waals surface area contributed by atoms with E-state index in [4.69, 9.17) is 14.7 Å². The molecule has 2 aliphatic heterocycles. The molecule has 11 nitrogen and oxygen atoms in total. The molecule has 0 saturated carbocycles. The van der Waals surface area contributed by atoms with E-state index in [0.29, 0.717) is 26.2 Å². The van der Waals surface area contributed by atoms with Gasteiger partial charge in [0.2, 0.25) is 5.95 Å². The first-order valence-electron chi connectivity index (χ1n) is 12.7. The zero-order chi connectivity index (χ0) is 25.5. The minimum Gasteiger partial charge on any atom is -0.370 e. The van der Waals surface area contributed by atoms with Gasteiger partial charge in [-0.2, -0.15) is 5.10 Å². The first kappa shape index (κ1) is 23.3. The maximum atomic E-state index is 12.6. The molecular formula is C26H27N9O2S. The lowest BCUT2D eigenvalue weighted by Gasteiger charge is -2.34. The molecule has 2 aliphatic rings. The van der Waals surface area contributed by atoms with Crippen molar-refractivity contribution in [1.29, 1.82) is 0 Å². The summed E-state index contributed by atoms with van der Waals surface area (Å²) in [6.45, 7) is 5.99. The standard InChI is InChI=1S/C26H27N9O2S/c36-26(35-5-4-27-17-35)33-8-6-32(7-9-33)15-18-12-22-24(38-18)14-28-25(30-22)34-10-11-37-23(16-34)19-2-1-3-21-20(19)13-29-31-21/h1-5,12-14,17,23H,6-11,15-16H2,(H,29,31). The van der Waals surface area contributed by atoms with Crippen molar-refractivity contribution in [1.82, 2.24) is 39.5 Å². The van der Waals surface area contributed by atoms with E-state index >= 15 is 0 Å². The van der Waals surface area contributed by atoms with Gasteiger partial charge in [-0.3, -0.25) is 14.6 Å². The lowest BCUT2D eigenvalue weighted by molar-refractivity contribution is 0.0402. The molecule has 5 aromatic rings. The third-order valence-electron chi connectivity index (χ3n) is 7.27. The van der Waals surface area contributed by atoms with Crippen LogP contribution in [0.2, 0.25) is 0 Å². The summed E-state index contributed by atoms with van der Waals surface area (Å²) in [6, 6.07) is 8.33. The number of morpholine rings is 1. The van der Waals surface area contributed by atoms with Gasteiger partial charge in [0, 0.05) is 61.9 Å². The van der Waals surface area contributed by atoms with Crippen LogP contribution in [0.5, 0.6) is 0 Å². The van der Waals surface area contributed by atoms with Crippen LogP contribution in [0.25, 0.3) is 21.1 Å². The average molecular weight is 530 g/mol. The molecule has 2 saturated heterocycles. The fourth-order valence-corrected chi connectivity index (χ4v) is 6.27. The van der Waals surface area contributed by atoms with E-state index in [0.717, 1.165) is 58.8 Å². The van der Waals surface area contributed by atoms with Crippen molar-refractivity contribution in [3.8, 4) is 0 Å². The van der Waals surface area contributed by atoms with Gasteiger partial charge < -0.3 is 14.5 Å². The van der Waals surface area contributed by atoms with E-state index in [9.17, 15) is 4.79 Å². The van der Waals surface area contributed by atoms with Crippen molar-refractivity contribution in [2.24, 2.45) is 0 Å². The van der Waals surface area contributed by atoms with Crippen molar-refractivity contribution >= 4 is 44.4 Å². The molecule has 6 heterocycles. The number of nitrogens with zero attached hydrogens (tertiary/aromatic N) is 8. The predicted molar refractivity (Wildman–Crippen MR) is 144 cm³/mol. The molecule has 1 N–H and O–H groups in total. The predicted octanol–water partition coefficient (Wildman–Crippen LogP) is 3.13. The van der Waals surface area contributed by atoms with Crippen LogP contribution in [0, 0.1) is 0 Å². The Hall–Kier alpha value is -3.87. The number of hydrogen-bond acceptors (Lipinski definition) is 9. The van der Waals surface area contributed by atoms with Gasteiger partial charge in [0.05, 0.1) is 41.3 Å². The van der Waals surface area contributed by atoms with Gasteiger partial charge in [0.25, 0.3) is 0 Å². The highest BCUT2D eigenvalue weighted by Crippen LogP contribution is 2.31. The maximum absolute atomic E-state index is 12.6. The maximum Gasteiger partial charge on any atom is 0.329 e. The van der Waals surface area contributed by atoms with E-state index in [1.807, 2.05) is 29.4 Å². The number of amides is 1. The van der Waals surface area contributed by atoms with Crippen molar-refractivity contribution in [3.63, 3.8) is 0 Å². The quantitative estimate of drug-likeness (QED) is 0.378. The number of fused-ring (bicyclic) bond motifs is 2. The smallest absolute Gasteiger partial charge is 0.329 e. The Balaban J connectivity index is 1.02. The highest BCUT2D eigenvalue weighted by atomic mass is 32.1. The first-order valence-corrected chi connectivity index (χ1v) is 13.6. The van der Waals surface area contributed by atoms with Crippen LogP contribution in [0.15, 0.2) is 55.4 Å². The number of hydrogen-bond donors (Lipinski definition) is 1. The van der Waals surface area contributed by atoms with E-state index in [1.165, 1.54) is 9.44 Å². The number of nitrogens with one attached hydrogen (secondary N) is 1. The third kappa shape index (κ3) is 4.40. The Kier molecular flexibility index (Phi) is 5.99. The van der Waals surface area contributed by atoms with E-state index < -0.39 is 0 Å². The van der Waals surface area contributed by atoms with Gasteiger partial charge in [0.15, 0.2) is 0 Å². The van der Waals surface area contributed by atoms with Crippen LogP contribution < -0.4 is 4.90 Å². The van der Waals surface area contributed by atoms with Crippen molar-refractivity contribution in [2.45, 2.75) is 12.6 Å². The summed E-state index contributed by atoms with van der Waals surface area (Å²) >= 11 is 1.74. The minimum absolute atomic E-state index is 0.0152. The molecule has 1 unspecified atom stereocenters. The number of carbonyl (C=O) groups excluding carboxylic acids is 1. The minimum atomic E-state index is -0.0679. The first-order chi connectivity index (χ1) is 18.7. The topological polar surface area (TPSA) is 108 Å². The fourth-order valence-electron chi connectivity index (χ4n) is 5.25. The van der Waals surface area contributed by atoms with Crippen LogP contribution >= 0.6 is 11.3 Å². The fraction of sp³-hybridized carbons (Fsp3) is 0.346. The van der Waals surface area contributed by atoms with Crippen molar-refractivity contribution in [2.75, 3.05) is 50.8 Å². The molecule has 0 bridgehead atoms. The summed E-state index contributed by atoms with van der Waals surface area (Å²) in [7, 11) is 0. The lowest BCUT2D eigenvalue weighted by atomic mass is 10.0. The number of imidazole rings is 1. The molecule has 2 fully saturated rings. The SMILES string of the molecule is O=C(N1CCN(Cc2cc3nc(N4CCOC(c5cccc6[nH]ncc56)C4)ncc3s2)CC1)n1ccnc1. The second kappa shape index (κ2) is 9.78. The number of benzene rings is 1. The number of aromatic amines is 1. The molecule has 4 aromatic heterocycles. The summed E-state index contributed by atoms with van der Waals surface area (Å²) in [6.07, 6.45) is 8.61. The highest BCUT2D eigenvalue weighted by molar-refractivity contribution is 7.18. The number of thiophene rings is 1. The van der Waals surface area contributed by atoms with Crippen molar-refractivity contribution < 1.29 is 9.53 Å². The van der Waals surface area contributed by atoms with Gasteiger partial charge in [-0.05, 0) is 17.7 Å². The molecule has 0 spiro atoms. The summed E-state index contributed by atoms with van der Waals surface area (Å²) in [4.78, 5) is 33.9. The van der Waals surface area contributed by atoms with Gasteiger partial charge in [-0.25, -0.2) is 19.7 Å². The van der Waals surface area contributed by atoms with Gasteiger partial charge in [-0.1, -0.05) is 12.1 Å². The number of anilines is 1. The average Bonchev–Trinajstić information content (AvgIpc) is 3.73. The van der Waals surface area contributed by atoms with Crippen LogP contribution in [-0.2, 0) is 11.3 Å². The molecule has 1 aromatic carbocycles. The summed E-state index contributed by atoms with van der Waals surface area (Å²) < 4.78 is 8.76. The van der Waals surface area contributed by atoms with Crippen molar-refractivity contribution in [3.05, 3.63) is 65.8 Å². The zero-order valence-corrected chi connectivity index (χ0v) is 21.5. The number of piperazine rings is 1. The normalized spacial score (nSPS) is 19.0. The van der Waals surface area contributed by atoms with E-state index in [-0.39, 0.29) is 12.1 Å². The largest absolute Gasteiger partial charge is 0.370 e. The molecule has 194 valence electrons. The second-order valence-corrected chi connectivity index (χ2v) is 10.8. The molecular weight excluding hydrogens is 502 g/mol. The molecule has 1 atom stereocenters. The molecule has 0 radical (unpaired) electrons. The number of carbonyl (C=O) groups is 1. The van der Waals surface area contributed by atoms with Gasteiger partial charge in [0.1, 0.15) is 12.4 Å². The number of ether oxygens (including phenoxy) is 1. The Morgan fingerprint density at radius 1 is 1.16 bits per heavy atom. The summed E-state index contributed by atoms with van der Waals surface area (Å²) in [5.41, 5.74) is 3.12. The molecule has 0 aliphatic carbocycles. The van der Waals surface area contributed by atoms with Crippen LogP contribution in [0.1, 0.15) is 16.5 Å². The van der Waals surface area contributed by atoms with E-state index in [1.54, 1.807) is 30.1 Å². The number of rotatable bonds is 4. The second-order valence-electron chi connectivity index (χ2n) is 9.63. The Labute approximate surface area is 222 Å². The molecule has 38 heavy (non-hydrogen) atoms. The Morgan fingerprint density at radius 3 is 2.95 bits per heavy atom. The van der Waals surface area contributed by atoms with Gasteiger partial charge in [-0.15, -0.1) is 11.3 Å². The lowest BCUT2D eigenvalue weighted by Crippen LogP contribution is -2.49. The van der Waals surface area contributed by atoms with Gasteiger partial charge >= 0.3 is 6.03 Å². The Morgan fingerprint density at radius 2 is 2.08 bits per heavy atom. The van der Waals surface area contributed by atoms with Crippen LogP contribution in [0.3, 0.4) is 0 Å². The molecule has 1 amide bonds. The number of H-pyrrole nitrogens is 1. The molecule has 12 heteroatoms. The summed E-state index contributed by atoms with van der Waals surface area (Å²) in [5, 5.41) is 8.32. The monoisotopic (exact) mass is 529 g/mol. The third-order valence-corrected chi connectivity index (χ3v) is 8.31. The van der Waals surface area contributed by atoms with E-state index in [2.05, 4.69) is 37.1 Å². The number of aromatic nitrogens is 6.